The molecule has 0 saturated carbocycles. The van der Waals surface area contributed by atoms with E-state index in [0.29, 0.717) is 8.08 Å². The van der Waals surface area contributed by atoms with Gasteiger partial charge in [-0.1, -0.05) is 0 Å². The Balaban J connectivity index is 1.08. The third-order valence-electron chi connectivity index (χ3n) is 17.8. The molecule has 5 unspecified atom stereocenters. The summed E-state index contributed by atoms with van der Waals surface area (Å²) in [6.07, 6.45) is 1.85. The van der Waals surface area contributed by atoms with E-state index in [2.05, 4.69) is 42.4 Å². The minimum absolute atomic E-state index is 0.233. The molecule has 154 valence electrons. The zero-order chi connectivity index (χ0) is 19.3. The Hall–Kier alpha value is -0.741. The first-order valence-electron chi connectivity index (χ1n) is 11.5. The fourth-order valence-electron chi connectivity index (χ4n) is 18.7. The van der Waals surface area contributed by atoms with Crippen molar-refractivity contribution in [3.8, 4) is 0 Å². The van der Waals surface area contributed by atoms with Crippen LogP contribution in [0.3, 0.4) is 0 Å². The maximum atomic E-state index is 13.5. The number of hydrogen-bond donors (Lipinski definition) is 1. The van der Waals surface area contributed by atoms with Gasteiger partial charge in [-0.05, 0) is 0 Å². The second-order valence-electron chi connectivity index (χ2n) is 13.5. The van der Waals surface area contributed by atoms with Crippen LogP contribution < -0.4 is 5.32 Å². The van der Waals surface area contributed by atoms with Gasteiger partial charge in [-0.2, -0.15) is 0 Å². The van der Waals surface area contributed by atoms with Crippen LogP contribution in [0.2, 0.25) is 38.5 Å². The van der Waals surface area contributed by atoms with Gasteiger partial charge in [-0.3, -0.25) is 0 Å². The summed E-state index contributed by atoms with van der Waals surface area (Å²) in [7, 11) is 0. The molecule has 10 saturated heterocycles. The SMILES string of the molecule is C=Cc1ccc(C(=O)N[C]23[CH]4[CH]5[CH]6[C]2(SCN(CC)CC)[Fe]54632789[CH]3[CH]2[CH]7[CH]8[CH]39)cc1. The van der Waals surface area contributed by atoms with Gasteiger partial charge in [0.1, 0.15) is 0 Å². The molecule has 11 rings (SSSR count). The van der Waals surface area contributed by atoms with Gasteiger partial charge < -0.3 is 0 Å². The molecular weight excluding hydrogens is 420 g/mol. The van der Waals surface area contributed by atoms with Crippen molar-refractivity contribution >= 4 is 23.7 Å². The van der Waals surface area contributed by atoms with Gasteiger partial charge in [0.15, 0.2) is 0 Å². The molecule has 10 aliphatic rings. The molecule has 1 aromatic rings. The first-order valence-corrected chi connectivity index (χ1v) is 18.7. The molecule has 10 heterocycles. The Bertz CT molecular complexity index is 1470. The summed E-state index contributed by atoms with van der Waals surface area (Å²) in [4.78, 5) is 25.6. The van der Waals surface area contributed by atoms with Crippen molar-refractivity contribution in [3.63, 3.8) is 0 Å². The predicted molar refractivity (Wildman–Crippen MR) is 115 cm³/mol. The summed E-state index contributed by atoms with van der Waals surface area (Å²) in [6, 6.07) is 8.08. The van der Waals surface area contributed by atoms with E-state index < -0.39 is 6.51 Å². The van der Waals surface area contributed by atoms with Crippen LogP contribution in [-0.4, -0.2) is 37.9 Å². The van der Waals surface area contributed by atoms with Crippen LogP contribution in [-0.2, 0) is 6.51 Å². The third-order valence-corrected chi connectivity index (χ3v) is 65.2. The van der Waals surface area contributed by atoms with E-state index in [9.17, 15) is 4.79 Å². The van der Waals surface area contributed by atoms with Crippen LogP contribution >= 0.6 is 11.8 Å². The first kappa shape index (κ1) is 14.3. The van der Waals surface area contributed by atoms with Crippen LogP contribution in [0.25, 0.3) is 6.08 Å². The molecule has 5 heteroatoms. The number of amides is 1. The zero-order valence-electron chi connectivity index (χ0n) is 17.0. The fourth-order valence-corrected chi connectivity index (χ4v) is 103. The van der Waals surface area contributed by atoms with Gasteiger partial charge in [0.05, 0.1) is 0 Å². The van der Waals surface area contributed by atoms with Crippen LogP contribution in [0, 0.1) is 0 Å². The van der Waals surface area contributed by atoms with Crippen LogP contribution in [0.4, 0.5) is 0 Å². The topological polar surface area (TPSA) is 32.3 Å². The number of rotatable bonds is 8. The van der Waals surface area contributed by atoms with Gasteiger partial charge in [0.25, 0.3) is 0 Å². The Morgan fingerprint density at radius 1 is 1.10 bits per heavy atom. The second kappa shape index (κ2) is 1.80. The number of nitrogens with zero attached hydrogens (tertiary/aromatic N) is 1. The maximum absolute atomic E-state index is 13.5. The Morgan fingerprint density at radius 3 is 2.21 bits per heavy atom. The molecule has 0 aromatic heterocycles. The van der Waals surface area contributed by atoms with Gasteiger partial charge >= 0.3 is 167 Å². The molecule has 0 aliphatic carbocycles. The summed E-state index contributed by atoms with van der Waals surface area (Å²) < 4.78 is 0.962. The van der Waals surface area contributed by atoms with Crippen molar-refractivity contribution in [3.05, 3.63) is 42.0 Å². The van der Waals surface area contributed by atoms with E-state index >= 15 is 0 Å². The predicted octanol–water partition coefficient (Wildman–Crippen LogP) is 5.30. The molecule has 1 aromatic carbocycles. The van der Waals surface area contributed by atoms with Gasteiger partial charge in [-0.15, -0.1) is 0 Å². The molecule has 3 nitrogen and oxygen atoms in total. The van der Waals surface area contributed by atoms with E-state index in [-0.39, 0.29) is 5.91 Å². The standard InChI is InChI=1S/C19H23N2OS.C5H5.Fe/c1-4-15-10-12-16(13-11-15)19(22)20-17-8-7-9-18(17)23-14-21(5-2)6-3;1-2-4-5-3-1;/h4,7-13H,1,5-6,14H2,2-3H3,(H,20,22);1-5H;. The van der Waals surface area contributed by atoms with Gasteiger partial charge in [0.2, 0.25) is 0 Å². The van der Waals surface area contributed by atoms with Crippen molar-refractivity contribution in [2.75, 3.05) is 19.0 Å². The Labute approximate surface area is 166 Å². The summed E-state index contributed by atoms with van der Waals surface area (Å²) in [5.41, 5.74) is 1.95. The molecular formula is C24H28FeN2OS. The zero-order valence-corrected chi connectivity index (χ0v) is 18.9. The Morgan fingerprint density at radius 2 is 1.72 bits per heavy atom. The minimum atomic E-state index is -3.58. The molecule has 1 N–H and O–H groups in total. The first-order chi connectivity index (χ1) is 13.9. The molecule has 0 bridgehead atoms. The number of carbonyl (C=O) groups excluding carboxylic acids is 1. The van der Waals surface area contributed by atoms with Gasteiger partial charge in [0, 0.05) is 0 Å². The average molecular weight is 448 g/mol. The number of thioether (sulfide) groups is 1. The van der Waals surface area contributed by atoms with Crippen molar-refractivity contribution in [1.82, 2.24) is 10.2 Å². The van der Waals surface area contributed by atoms with E-state index in [1.165, 1.54) is 39.6 Å². The van der Waals surface area contributed by atoms with Gasteiger partial charge in [-0.25, -0.2) is 0 Å². The average Bonchev–Trinajstić information content (AvgIpc) is 3.70. The quantitative estimate of drug-likeness (QED) is 0.433. The molecule has 5 atom stereocenters. The summed E-state index contributed by atoms with van der Waals surface area (Å²) >= 11 is 2.39. The van der Waals surface area contributed by atoms with Crippen LogP contribution in [0.1, 0.15) is 29.8 Å². The second-order valence-corrected chi connectivity index (χ2v) is 38.3. The van der Waals surface area contributed by atoms with E-state index in [0.717, 1.165) is 29.0 Å². The monoisotopic (exact) mass is 448 g/mol. The number of benzene rings is 1. The van der Waals surface area contributed by atoms with E-state index in [1.54, 1.807) is 0 Å². The molecule has 29 heavy (non-hydrogen) atoms. The molecule has 1 amide bonds. The van der Waals surface area contributed by atoms with Crippen molar-refractivity contribution in [2.24, 2.45) is 0 Å². The Kier molecular flexibility index (Phi) is 0.889. The summed E-state index contributed by atoms with van der Waals surface area (Å²) in [5, 5.41) is 3.92. The van der Waals surface area contributed by atoms with Crippen molar-refractivity contribution in [2.45, 2.75) is 60.5 Å². The molecule has 0 radical (unpaired) electrons. The van der Waals surface area contributed by atoms with Crippen molar-refractivity contribution < 1.29 is 11.3 Å². The molecule has 10 fully saturated rings. The third kappa shape index (κ3) is 0.263. The number of nitrogens with one attached hydrogen (secondary N) is 1. The number of carbonyl (C=O) groups is 1. The van der Waals surface area contributed by atoms with E-state index in [1.807, 2.05) is 30.3 Å². The van der Waals surface area contributed by atoms with Crippen LogP contribution in [0.15, 0.2) is 30.8 Å². The molecule has 1 spiro atoms. The number of fused-ring (bicyclic) bond motifs is 10. The summed E-state index contributed by atoms with van der Waals surface area (Å²) in [6.45, 7) is 7.17. The fraction of sp³-hybridized carbons (Fsp3) is 0.625. The van der Waals surface area contributed by atoms with Crippen LogP contribution in [0.5, 0.6) is 0 Å². The molecule has 10 aliphatic heterocycles. The van der Waals surface area contributed by atoms with E-state index in [4.69, 9.17) is 0 Å². The summed E-state index contributed by atoms with van der Waals surface area (Å²) in [5.74, 6) is 1.43. The van der Waals surface area contributed by atoms with Crippen molar-refractivity contribution in [1.29, 1.82) is 0 Å². The normalized spacial score (nSPS) is 77.1. The number of hydrogen-bond acceptors (Lipinski definition) is 3.